The van der Waals surface area contributed by atoms with Gasteiger partial charge in [0.25, 0.3) is 5.91 Å². The summed E-state index contributed by atoms with van der Waals surface area (Å²) < 4.78 is 0. The second-order valence-corrected chi connectivity index (χ2v) is 6.24. The fourth-order valence-electron chi connectivity index (χ4n) is 3.27. The van der Waals surface area contributed by atoms with Crippen molar-refractivity contribution in [2.24, 2.45) is 5.73 Å². The summed E-state index contributed by atoms with van der Waals surface area (Å²) in [5, 5.41) is 0. The number of para-hydroxylation sites is 1. The maximum atomic E-state index is 11.5. The van der Waals surface area contributed by atoms with E-state index in [0.717, 1.165) is 37.4 Å². The number of nitrogens with two attached hydrogens (primary N) is 1. The van der Waals surface area contributed by atoms with E-state index in [0.29, 0.717) is 11.1 Å². The van der Waals surface area contributed by atoms with Gasteiger partial charge in [-0.1, -0.05) is 19.9 Å². The minimum Gasteiger partial charge on any atom is -0.366 e. The molecule has 1 amide bonds. The van der Waals surface area contributed by atoms with E-state index in [1.807, 2.05) is 12.1 Å². The van der Waals surface area contributed by atoms with Gasteiger partial charge in [0.05, 0.1) is 11.1 Å². The molecule has 1 aliphatic heterocycles. The number of nitrogens with one attached hydrogen (secondary N) is 1. The summed E-state index contributed by atoms with van der Waals surface area (Å²) in [5.74, 6) is 0.535. The van der Waals surface area contributed by atoms with Crippen LogP contribution in [-0.2, 0) is 5.41 Å². The molecule has 1 aliphatic rings. The number of amides is 1. The van der Waals surface area contributed by atoms with Crippen molar-refractivity contribution < 1.29 is 4.79 Å². The van der Waals surface area contributed by atoms with Crippen LogP contribution in [0, 0.1) is 0 Å². The number of likely N-dealkylation sites (tertiary alicyclic amines) is 1. The molecule has 0 bridgehead atoms. The lowest BCUT2D eigenvalue weighted by Gasteiger charge is -2.22. The minimum atomic E-state index is -0.428. The van der Waals surface area contributed by atoms with E-state index in [-0.39, 0.29) is 5.41 Å². The largest absolute Gasteiger partial charge is 0.366 e. The summed E-state index contributed by atoms with van der Waals surface area (Å²) in [4.78, 5) is 22.1. The molecule has 0 saturated carbocycles. The molecule has 0 radical (unpaired) electrons. The second kappa shape index (κ2) is 5.15. The van der Waals surface area contributed by atoms with Crippen LogP contribution < -0.4 is 5.73 Å². The average Bonchev–Trinajstić information content (AvgIpc) is 3.03. The van der Waals surface area contributed by atoms with Gasteiger partial charge in [-0.3, -0.25) is 4.79 Å². The summed E-state index contributed by atoms with van der Waals surface area (Å²) >= 11 is 0. The van der Waals surface area contributed by atoms with Gasteiger partial charge in [-0.2, -0.15) is 0 Å². The van der Waals surface area contributed by atoms with Crippen molar-refractivity contribution >= 4 is 16.9 Å². The smallest absolute Gasteiger partial charge is 0.250 e. The molecule has 1 fully saturated rings. The first-order chi connectivity index (χ1) is 10.0. The van der Waals surface area contributed by atoms with Crippen LogP contribution in [0.2, 0.25) is 0 Å². The highest BCUT2D eigenvalue weighted by atomic mass is 16.1. The van der Waals surface area contributed by atoms with E-state index in [1.54, 1.807) is 6.07 Å². The monoisotopic (exact) mass is 286 g/mol. The van der Waals surface area contributed by atoms with Gasteiger partial charge < -0.3 is 15.6 Å². The second-order valence-electron chi connectivity index (χ2n) is 6.24. The number of hydrogen-bond donors (Lipinski definition) is 2. The Labute approximate surface area is 124 Å². The molecule has 21 heavy (non-hydrogen) atoms. The molecule has 1 aromatic heterocycles. The van der Waals surface area contributed by atoms with Crippen molar-refractivity contribution in [3.05, 3.63) is 29.6 Å². The lowest BCUT2D eigenvalue weighted by molar-refractivity contribution is 0.100. The molecule has 3 rings (SSSR count). The number of hydrogen-bond acceptors (Lipinski definition) is 3. The molecular weight excluding hydrogens is 264 g/mol. The third-order valence-electron chi connectivity index (χ3n) is 4.44. The number of fused-ring (bicyclic) bond motifs is 1. The van der Waals surface area contributed by atoms with E-state index in [1.165, 1.54) is 6.42 Å². The Bertz CT molecular complexity index is 678. The maximum absolute atomic E-state index is 11.5. The first-order valence-corrected chi connectivity index (χ1v) is 7.55. The van der Waals surface area contributed by atoms with Gasteiger partial charge in [0.15, 0.2) is 0 Å². The zero-order valence-corrected chi connectivity index (χ0v) is 12.6. The van der Waals surface area contributed by atoms with Crippen molar-refractivity contribution in [2.75, 3.05) is 19.6 Å². The lowest BCUT2D eigenvalue weighted by Crippen LogP contribution is -2.29. The van der Waals surface area contributed by atoms with E-state index >= 15 is 0 Å². The number of nitrogens with zero attached hydrogens (tertiary/aromatic N) is 2. The van der Waals surface area contributed by atoms with Crippen LogP contribution in [0.1, 0.15) is 42.9 Å². The van der Waals surface area contributed by atoms with Crippen molar-refractivity contribution in [3.8, 4) is 0 Å². The van der Waals surface area contributed by atoms with Gasteiger partial charge in [0, 0.05) is 12.0 Å². The summed E-state index contributed by atoms with van der Waals surface area (Å²) in [5.41, 5.74) is 7.52. The normalized spacial score (nSPS) is 23.0. The molecule has 1 saturated heterocycles. The number of aromatic nitrogens is 2. The number of H-pyrrole nitrogens is 1. The predicted octanol–water partition coefficient (Wildman–Crippen LogP) is 2.04. The third kappa shape index (κ3) is 2.42. The van der Waals surface area contributed by atoms with Gasteiger partial charge >= 0.3 is 0 Å². The Morgan fingerprint density at radius 2 is 2.33 bits per heavy atom. The zero-order chi connectivity index (χ0) is 15.0. The van der Waals surface area contributed by atoms with Crippen LogP contribution in [0.15, 0.2) is 18.2 Å². The van der Waals surface area contributed by atoms with Gasteiger partial charge in [0.2, 0.25) is 0 Å². The molecule has 5 heteroatoms. The van der Waals surface area contributed by atoms with Crippen molar-refractivity contribution in [1.29, 1.82) is 0 Å². The first kappa shape index (κ1) is 14.1. The van der Waals surface area contributed by atoms with Gasteiger partial charge in [-0.05, 0) is 38.1 Å². The zero-order valence-electron chi connectivity index (χ0n) is 12.6. The molecule has 0 aliphatic carbocycles. The number of benzene rings is 1. The fourth-order valence-corrected chi connectivity index (χ4v) is 3.27. The van der Waals surface area contributed by atoms with E-state index in [4.69, 9.17) is 10.7 Å². The first-order valence-electron chi connectivity index (χ1n) is 7.55. The van der Waals surface area contributed by atoms with Crippen molar-refractivity contribution in [1.82, 2.24) is 14.9 Å². The predicted molar refractivity (Wildman–Crippen MR) is 83.3 cm³/mol. The molecule has 0 spiro atoms. The van der Waals surface area contributed by atoms with Crippen LogP contribution >= 0.6 is 0 Å². The topological polar surface area (TPSA) is 75.0 Å². The number of carbonyl (C=O) groups excluding carboxylic acids is 1. The van der Waals surface area contributed by atoms with Crippen LogP contribution in [0.3, 0.4) is 0 Å². The summed E-state index contributed by atoms with van der Waals surface area (Å²) in [6.45, 7) is 7.68. The number of aromatic amines is 1. The molecule has 1 unspecified atom stereocenters. The van der Waals surface area contributed by atoms with Crippen LogP contribution in [0.25, 0.3) is 11.0 Å². The molecule has 1 aromatic carbocycles. The molecule has 2 aromatic rings. The van der Waals surface area contributed by atoms with Crippen molar-refractivity contribution in [2.45, 2.75) is 32.1 Å². The fraction of sp³-hybridized carbons (Fsp3) is 0.500. The highest BCUT2D eigenvalue weighted by molar-refractivity contribution is 6.04. The number of carbonyl (C=O) groups is 1. The number of imidazole rings is 1. The van der Waals surface area contributed by atoms with Crippen LogP contribution in [0.4, 0.5) is 0 Å². The number of primary amides is 1. The molecule has 2 heterocycles. The lowest BCUT2D eigenvalue weighted by atomic mass is 9.89. The standard InChI is InChI=1S/C16H22N4O/c1-3-8-20-9-7-16(2,10-20)15-18-12-6-4-5-11(14(17)21)13(12)19-15/h4-6H,3,7-10H2,1-2H3,(H2,17,21)(H,18,19). The van der Waals surface area contributed by atoms with Gasteiger partial charge in [-0.25, -0.2) is 4.98 Å². The molecule has 112 valence electrons. The van der Waals surface area contributed by atoms with E-state index < -0.39 is 5.91 Å². The van der Waals surface area contributed by atoms with Gasteiger partial charge in [0.1, 0.15) is 11.3 Å². The quantitative estimate of drug-likeness (QED) is 0.903. The summed E-state index contributed by atoms with van der Waals surface area (Å²) in [6.07, 6.45) is 2.25. The van der Waals surface area contributed by atoms with E-state index in [2.05, 4.69) is 23.7 Å². The Morgan fingerprint density at radius 3 is 3.05 bits per heavy atom. The van der Waals surface area contributed by atoms with Crippen LogP contribution in [0.5, 0.6) is 0 Å². The molecular formula is C16H22N4O. The highest BCUT2D eigenvalue weighted by Gasteiger charge is 2.37. The Hall–Kier alpha value is -1.88. The minimum absolute atomic E-state index is 0.0170. The Morgan fingerprint density at radius 1 is 1.52 bits per heavy atom. The Kier molecular flexibility index (Phi) is 3.45. The van der Waals surface area contributed by atoms with Crippen LogP contribution in [-0.4, -0.2) is 40.4 Å². The van der Waals surface area contributed by atoms with Crippen molar-refractivity contribution in [3.63, 3.8) is 0 Å². The number of rotatable bonds is 4. The molecule has 5 nitrogen and oxygen atoms in total. The van der Waals surface area contributed by atoms with Gasteiger partial charge in [-0.15, -0.1) is 0 Å². The SMILES string of the molecule is CCCN1CCC(C)(c2nc3c(C(N)=O)cccc3[nH]2)C1. The highest BCUT2D eigenvalue weighted by Crippen LogP contribution is 2.33. The average molecular weight is 286 g/mol. The molecule has 3 N–H and O–H groups in total. The summed E-state index contributed by atoms with van der Waals surface area (Å²) in [6, 6.07) is 5.51. The third-order valence-corrected chi connectivity index (χ3v) is 4.44. The summed E-state index contributed by atoms with van der Waals surface area (Å²) in [7, 11) is 0. The molecule has 1 atom stereocenters. The van der Waals surface area contributed by atoms with E-state index in [9.17, 15) is 4.79 Å². The Balaban J connectivity index is 1.98. The maximum Gasteiger partial charge on any atom is 0.250 e.